The Morgan fingerprint density at radius 3 is 2.70 bits per heavy atom. The molecule has 1 aliphatic rings. The molecule has 1 fully saturated rings. The molecule has 1 aliphatic heterocycles. The summed E-state index contributed by atoms with van der Waals surface area (Å²) < 4.78 is 11.2. The van der Waals surface area contributed by atoms with Crippen molar-refractivity contribution in [3.63, 3.8) is 0 Å². The van der Waals surface area contributed by atoms with Crippen molar-refractivity contribution in [1.82, 2.24) is 15.5 Å². The van der Waals surface area contributed by atoms with Crippen LogP contribution in [0, 0.1) is 5.92 Å². The number of benzene rings is 1. The molecule has 1 atom stereocenters. The minimum atomic E-state index is 0. The molecule has 2 rings (SSSR count). The lowest BCUT2D eigenvalue weighted by molar-refractivity contribution is 0.0888. The molecule has 1 aromatic carbocycles. The van der Waals surface area contributed by atoms with E-state index in [2.05, 4.69) is 67.6 Å². The lowest BCUT2D eigenvalue weighted by Gasteiger charge is -2.22. The molecule has 6 nitrogen and oxygen atoms in total. The Kier molecular flexibility index (Phi) is 14.3. The summed E-state index contributed by atoms with van der Waals surface area (Å²) in [6, 6.07) is 9.11. The molecule has 2 N–H and O–H groups in total. The molecule has 1 unspecified atom stereocenters. The molecule has 1 heterocycles. The summed E-state index contributed by atoms with van der Waals surface area (Å²) in [6.07, 6.45) is 2.09. The van der Waals surface area contributed by atoms with Crippen molar-refractivity contribution in [2.45, 2.75) is 52.7 Å². The van der Waals surface area contributed by atoms with Crippen LogP contribution in [0.4, 0.5) is 0 Å². The van der Waals surface area contributed by atoms with Gasteiger partial charge in [0.15, 0.2) is 5.96 Å². The van der Waals surface area contributed by atoms with Gasteiger partial charge in [0.1, 0.15) is 0 Å². The Bertz CT molecular complexity index is 607. The summed E-state index contributed by atoms with van der Waals surface area (Å²) in [6.45, 7) is 13.2. The topological polar surface area (TPSA) is 58.1 Å². The number of ether oxygens (including phenoxy) is 2. The minimum Gasteiger partial charge on any atom is -0.381 e. The van der Waals surface area contributed by atoms with E-state index >= 15 is 0 Å². The molecule has 0 amide bonds. The second-order valence-electron chi connectivity index (χ2n) is 8.06. The van der Waals surface area contributed by atoms with Gasteiger partial charge in [0.05, 0.1) is 19.8 Å². The predicted octanol–water partition coefficient (Wildman–Crippen LogP) is 3.64. The molecule has 0 aromatic heterocycles. The summed E-state index contributed by atoms with van der Waals surface area (Å²) >= 11 is 0. The summed E-state index contributed by atoms with van der Waals surface area (Å²) in [5, 5.41) is 6.76. The quantitative estimate of drug-likeness (QED) is 0.186. The average Bonchev–Trinajstić information content (AvgIpc) is 3.23. The van der Waals surface area contributed by atoms with Crippen molar-refractivity contribution in [3.05, 3.63) is 35.4 Å². The van der Waals surface area contributed by atoms with Crippen molar-refractivity contribution in [2.75, 3.05) is 46.6 Å². The lowest BCUT2D eigenvalue weighted by atomic mass is 10.1. The van der Waals surface area contributed by atoms with Gasteiger partial charge in [-0.3, -0.25) is 4.90 Å². The third-order valence-electron chi connectivity index (χ3n) is 5.31. The van der Waals surface area contributed by atoms with E-state index in [1.165, 1.54) is 11.1 Å². The highest BCUT2D eigenvalue weighted by Crippen LogP contribution is 2.14. The van der Waals surface area contributed by atoms with E-state index in [0.29, 0.717) is 18.5 Å². The van der Waals surface area contributed by atoms with Crippen LogP contribution in [0.5, 0.6) is 0 Å². The highest BCUT2D eigenvalue weighted by molar-refractivity contribution is 14.0. The summed E-state index contributed by atoms with van der Waals surface area (Å²) in [5.74, 6) is 1.44. The molecule has 1 saturated heterocycles. The monoisotopic (exact) mass is 532 g/mol. The smallest absolute Gasteiger partial charge is 0.191 e. The molecular formula is C23H41IN4O2. The van der Waals surface area contributed by atoms with Crippen LogP contribution in [-0.2, 0) is 22.6 Å². The van der Waals surface area contributed by atoms with Crippen molar-refractivity contribution in [1.29, 1.82) is 0 Å². The number of rotatable bonds is 12. The van der Waals surface area contributed by atoms with Crippen LogP contribution in [-0.4, -0.2) is 63.5 Å². The number of hydrogen-bond acceptors (Lipinski definition) is 4. The molecule has 7 heteroatoms. The summed E-state index contributed by atoms with van der Waals surface area (Å²) in [7, 11) is 2.16. The Hall–Kier alpha value is -0.900. The van der Waals surface area contributed by atoms with Gasteiger partial charge in [-0.2, -0.15) is 0 Å². The molecule has 0 spiro atoms. The van der Waals surface area contributed by atoms with Crippen molar-refractivity contribution in [2.24, 2.45) is 10.9 Å². The molecule has 30 heavy (non-hydrogen) atoms. The third kappa shape index (κ3) is 10.4. The summed E-state index contributed by atoms with van der Waals surface area (Å²) in [4.78, 5) is 7.15. The highest BCUT2D eigenvalue weighted by Gasteiger charge is 2.15. The zero-order valence-corrected chi connectivity index (χ0v) is 21.5. The van der Waals surface area contributed by atoms with Crippen LogP contribution in [0.3, 0.4) is 0 Å². The molecule has 0 bridgehead atoms. The van der Waals surface area contributed by atoms with E-state index in [1.807, 2.05) is 0 Å². The molecule has 1 aromatic rings. The first-order chi connectivity index (χ1) is 14.1. The van der Waals surface area contributed by atoms with Gasteiger partial charge >= 0.3 is 0 Å². The van der Waals surface area contributed by atoms with Gasteiger partial charge in [-0.1, -0.05) is 24.3 Å². The number of nitrogens with zero attached hydrogens (tertiary/aromatic N) is 2. The normalized spacial score (nSPS) is 16.7. The zero-order chi connectivity index (χ0) is 20.9. The van der Waals surface area contributed by atoms with Gasteiger partial charge < -0.3 is 20.1 Å². The standard InChI is InChI=1S/C23H40N4O2.HI/c1-5-24-23(25-12-8-13-28-17-20-11-14-29-18-20)26-15-21-9-6-7-10-22(21)16-27(4)19(2)3;/h6-7,9-10,19-20H,5,8,11-18H2,1-4H3,(H2,24,25,26);1H. The van der Waals surface area contributed by atoms with Crippen molar-refractivity contribution >= 4 is 29.9 Å². The van der Waals surface area contributed by atoms with E-state index in [4.69, 9.17) is 14.5 Å². The number of nitrogens with one attached hydrogen (secondary N) is 2. The SMILES string of the molecule is CCNC(=NCc1ccccc1CN(C)C(C)C)NCCCOCC1CCOC1.I. The summed E-state index contributed by atoms with van der Waals surface area (Å²) in [5.41, 5.74) is 2.62. The van der Waals surface area contributed by atoms with Gasteiger partial charge in [0, 0.05) is 44.8 Å². The molecule has 0 aliphatic carbocycles. The Labute approximate surface area is 200 Å². The van der Waals surface area contributed by atoms with E-state index in [0.717, 1.165) is 64.9 Å². The Morgan fingerprint density at radius 2 is 2.03 bits per heavy atom. The number of guanidine groups is 1. The maximum atomic E-state index is 5.78. The van der Waals surface area contributed by atoms with Crippen LogP contribution >= 0.6 is 24.0 Å². The molecule has 0 saturated carbocycles. The number of aliphatic imine (C=N–C) groups is 1. The van der Waals surface area contributed by atoms with Gasteiger partial charge in [0.25, 0.3) is 0 Å². The van der Waals surface area contributed by atoms with Crippen molar-refractivity contribution < 1.29 is 9.47 Å². The predicted molar refractivity (Wildman–Crippen MR) is 136 cm³/mol. The zero-order valence-electron chi connectivity index (χ0n) is 19.2. The Balaban J connectivity index is 0.00000450. The average molecular weight is 533 g/mol. The molecule has 0 radical (unpaired) electrons. The lowest BCUT2D eigenvalue weighted by Crippen LogP contribution is -2.38. The fourth-order valence-electron chi connectivity index (χ4n) is 3.17. The second kappa shape index (κ2) is 15.8. The van der Waals surface area contributed by atoms with E-state index < -0.39 is 0 Å². The van der Waals surface area contributed by atoms with E-state index in [-0.39, 0.29) is 24.0 Å². The van der Waals surface area contributed by atoms with Crippen LogP contribution in [0.25, 0.3) is 0 Å². The van der Waals surface area contributed by atoms with E-state index in [9.17, 15) is 0 Å². The number of halogens is 1. The van der Waals surface area contributed by atoms with Gasteiger partial charge in [-0.25, -0.2) is 4.99 Å². The maximum absolute atomic E-state index is 5.78. The second-order valence-corrected chi connectivity index (χ2v) is 8.06. The van der Waals surface area contributed by atoms with Crippen LogP contribution in [0.1, 0.15) is 44.7 Å². The maximum Gasteiger partial charge on any atom is 0.191 e. The van der Waals surface area contributed by atoms with Crippen LogP contribution in [0.2, 0.25) is 0 Å². The fraction of sp³-hybridized carbons (Fsp3) is 0.696. The largest absolute Gasteiger partial charge is 0.381 e. The first-order valence-corrected chi connectivity index (χ1v) is 11.0. The first-order valence-electron chi connectivity index (χ1n) is 11.0. The Morgan fingerprint density at radius 1 is 1.27 bits per heavy atom. The minimum absolute atomic E-state index is 0. The van der Waals surface area contributed by atoms with Crippen LogP contribution < -0.4 is 10.6 Å². The van der Waals surface area contributed by atoms with Gasteiger partial charge in [0.2, 0.25) is 0 Å². The van der Waals surface area contributed by atoms with Gasteiger partial charge in [-0.15, -0.1) is 24.0 Å². The molecule has 172 valence electrons. The van der Waals surface area contributed by atoms with Crippen LogP contribution in [0.15, 0.2) is 29.3 Å². The number of hydrogen-bond donors (Lipinski definition) is 2. The van der Waals surface area contributed by atoms with Crippen molar-refractivity contribution in [3.8, 4) is 0 Å². The third-order valence-corrected chi connectivity index (χ3v) is 5.31. The highest BCUT2D eigenvalue weighted by atomic mass is 127. The molecular weight excluding hydrogens is 491 g/mol. The fourth-order valence-corrected chi connectivity index (χ4v) is 3.17. The van der Waals surface area contributed by atoms with Gasteiger partial charge in [-0.05, 0) is 51.8 Å². The first kappa shape index (κ1) is 27.1. The van der Waals surface area contributed by atoms with E-state index in [1.54, 1.807) is 0 Å².